The van der Waals surface area contributed by atoms with Gasteiger partial charge in [0.15, 0.2) is 0 Å². The fourth-order valence-corrected chi connectivity index (χ4v) is 4.00. The SMILES string of the molecule is Cc1ccc(C)c(NS(=O)(=O)c2ccc(C)s2)c1. The van der Waals surface area contributed by atoms with E-state index in [0.29, 0.717) is 9.90 Å². The van der Waals surface area contributed by atoms with Crippen LogP contribution in [0, 0.1) is 20.8 Å². The molecule has 0 aliphatic carbocycles. The largest absolute Gasteiger partial charge is 0.279 e. The summed E-state index contributed by atoms with van der Waals surface area (Å²) in [7, 11) is -3.46. The van der Waals surface area contributed by atoms with Crippen LogP contribution in [0.1, 0.15) is 16.0 Å². The zero-order chi connectivity index (χ0) is 13.3. The van der Waals surface area contributed by atoms with Gasteiger partial charge in [-0.2, -0.15) is 0 Å². The Labute approximate surface area is 112 Å². The second-order valence-electron chi connectivity index (χ2n) is 4.29. The maximum atomic E-state index is 12.2. The molecule has 0 bridgehead atoms. The summed E-state index contributed by atoms with van der Waals surface area (Å²) < 4.78 is 27.3. The molecule has 18 heavy (non-hydrogen) atoms. The van der Waals surface area contributed by atoms with E-state index < -0.39 is 10.0 Å². The van der Waals surface area contributed by atoms with Crippen LogP contribution in [-0.2, 0) is 10.0 Å². The Hall–Kier alpha value is -1.33. The molecule has 0 fully saturated rings. The van der Waals surface area contributed by atoms with Crippen molar-refractivity contribution in [1.29, 1.82) is 0 Å². The molecule has 0 saturated heterocycles. The minimum atomic E-state index is -3.46. The summed E-state index contributed by atoms with van der Waals surface area (Å²) in [5.74, 6) is 0. The van der Waals surface area contributed by atoms with Crippen molar-refractivity contribution < 1.29 is 8.42 Å². The van der Waals surface area contributed by atoms with Gasteiger partial charge in [-0.3, -0.25) is 4.72 Å². The van der Waals surface area contributed by atoms with Crippen LogP contribution in [0.4, 0.5) is 5.69 Å². The van der Waals surface area contributed by atoms with Crippen LogP contribution in [0.25, 0.3) is 0 Å². The zero-order valence-corrected chi connectivity index (χ0v) is 12.2. The van der Waals surface area contributed by atoms with Gasteiger partial charge in [0.2, 0.25) is 0 Å². The number of thiophene rings is 1. The van der Waals surface area contributed by atoms with Crippen LogP contribution in [0.3, 0.4) is 0 Å². The maximum absolute atomic E-state index is 12.2. The minimum Gasteiger partial charge on any atom is -0.279 e. The number of anilines is 1. The molecule has 0 radical (unpaired) electrons. The molecule has 1 aromatic carbocycles. The molecule has 5 heteroatoms. The van der Waals surface area contributed by atoms with Crippen LogP contribution in [0.2, 0.25) is 0 Å². The van der Waals surface area contributed by atoms with Gasteiger partial charge in [-0.1, -0.05) is 12.1 Å². The molecule has 0 unspecified atom stereocenters. The molecule has 2 rings (SSSR count). The van der Waals surface area contributed by atoms with E-state index >= 15 is 0 Å². The first-order chi connectivity index (χ1) is 8.38. The van der Waals surface area contributed by atoms with Crippen LogP contribution in [0.5, 0.6) is 0 Å². The van der Waals surface area contributed by atoms with E-state index in [9.17, 15) is 8.42 Å². The molecule has 1 N–H and O–H groups in total. The minimum absolute atomic E-state index is 0.348. The summed E-state index contributed by atoms with van der Waals surface area (Å²) >= 11 is 1.27. The molecule has 1 aromatic heterocycles. The summed E-state index contributed by atoms with van der Waals surface area (Å²) in [6, 6.07) is 9.15. The molecule has 1 heterocycles. The van der Waals surface area contributed by atoms with Crippen molar-refractivity contribution >= 4 is 27.0 Å². The van der Waals surface area contributed by atoms with Crippen molar-refractivity contribution in [2.24, 2.45) is 0 Å². The highest BCUT2D eigenvalue weighted by molar-refractivity contribution is 7.94. The van der Waals surface area contributed by atoms with Crippen LogP contribution >= 0.6 is 11.3 Å². The average molecular weight is 281 g/mol. The van der Waals surface area contributed by atoms with Gasteiger partial charge in [-0.15, -0.1) is 11.3 Å². The average Bonchev–Trinajstić information content (AvgIpc) is 2.71. The Morgan fingerprint density at radius 2 is 1.78 bits per heavy atom. The van der Waals surface area contributed by atoms with Gasteiger partial charge in [-0.25, -0.2) is 8.42 Å². The fraction of sp³-hybridized carbons (Fsp3) is 0.231. The molecule has 0 saturated carbocycles. The second kappa shape index (κ2) is 4.74. The van der Waals surface area contributed by atoms with Gasteiger partial charge in [0.25, 0.3) is 10.0 Å². The Morgan fingerprint density at radius 1 is 1.06 bits per heavy atom. The lowest BCUT2D eigenvalue weighted by Gasteiger charge is -2.10. The van der Waals surface area contributed by atoms with Crippen LogP contribution in [0.15, 0.2) is 34.5 Å². The molecule has 96 valence electrons. The molecule has 0 spiro atoms. The number of hydrogen-bond donors (Lipinski definition) is 1. The fourth-order valence-electron chi connectivity index (χ4n) is 1.60. The van der Waals surface area contributed by atoms with Crippen molar-refractivity contribution in [2.75, 3.05) is 4.72 Å². The van der Waals surface area contributed by atoms with Gasteiger partial charge in [0, 0.05) is 4.88 Å². The molecule has 0 aliphatic heterocycles. The summed E-state index contributed by atoms with van der Waals surface area (Å²) in [5, 5.41) is 0. The van der Waals surface area contributed by atoms with Crippen molar-refractivity contribution in [3.63, 3.8) is 0 Å². The summed E-state index contributed by atoms with van der Waals surface area (Å²) in [5.41, 5.74) is 2.58. The van der Waals surface area contributed by atoms with Gasteiger partial charge in [0.05, 0.1) is 5.69 Å². The van der Waals surface area contributed by atoms with Crippen molar-refractivity contribution in [3.05, 3.63) is 46.3 Å². The second-order valence-corrected chi connectivity index (χ2v) is 7.49. The van der Waals surface area contributed by atoms with E-state index in [1.807, 2.05) is 45.0 Å². The quantitative estimate of drug-likeness (QED) is 0.936. The van der Waals surface area contributed by atoms with Crippen LogP contribution in [-0.4, -0.2) is 8.42 Å². The Bertz CT molecular complexity index is 672. The number of hydrogen-bond acceptors (Lipinski definition) is 3. The first kappa shape index (κ1) is 13.1. The summed E-state index contributed by atoms with van der Waals surface area (Å²) in [6.07, 6.45) is 0. The number of nitrogens with one attached hydrogen (secondary N) is 1. The lowest BCUT2D eigenvalue weighted by atomic mass is 10.1. The first-order valence-electron chi connectivity index (χ1n) is 5.55. The van der Waals surface area contributed by atoms with E-state index in [4.69, 9.17) is 0 Å². The molecule has 3 nitrogen and oxygen atoms in total. The number of sulfonamides is 1. The van der Waals surface area contributed by atoms with Gasteiger partial charge < -0.3 is 0 Å². The lowest BCUT2D eigenvalue weighted by molar-refractivity contribution is 0.603. The highest BCUT2D eigenvalue weighted by Gasteiger charge is 2.17. The van der Waals surface area contributed by atoms with Crippen molar-refractivity contribution in [1.82, 2.24) is 0 Å². The lowest BCUT2D eigenvalue weighted by Crippen LogP contribution is -2.12. The number of benzene rings is 1. The Balaban J connectivity index is 2.36. The van der Waals surface area contributed by atoms with Crippen molar-refractivity contribution in [3.8, 4) is 0 Å². The maximum Gasteiger partial charge on any atom is 0.271 e. The summed E-state index contributed by atoms with van der Waals surface area (Å²) in [6.45, 7) is 5.71. The van der Waals surface area contributed by atoms with Gasteiger partial charge in [0.1, 0.15) is 4.21 Å². The Kier molecular flexibility index (Phi) is 3.45. The molecule has 0 atom stereocenters. The topological polar surface area (TPSA) is 46.2 Å². The normalized spacial score (nSPS) is 11.5. The van der Waals surface area contributed by atoms with E-state index in [-0.39, 0.29) is 0 Å². The van der Waals surface area contributed by atoms with E-state index in [0.717, 1.165) is 16.0 Å². The predicted octanol–water partition coefficient (Wildman–Crippen LogP) is 3.47. The molecule has 0 amide bonds. The third kappa shape index (κ3) is 2.73. The van der Waals surface area contributed by atoms with E-state index in [2.05, 4.69) is 4.72 Å². The van der Waals surface area contributed by atoms with Crippen LogP contribution < -0.4 is 4.72 Å². The highest BCUT2D eigenvalue weighted by Crippen LogP contribution is 2.25. The Morgan fingerprint density at radius 3 is 2.39 bits per heavy atom. The number of rotatable bonds is 3. The molecular weight excluding hydrogens is 266 g/mol. The molecule has 0 aliphatic rings. The third-order valence-corrected chi connectivity index (χ3v) is 5.48. The first-order valence-corrected chi connectivity index (χ1v) is 7.85. The zero-order valence-electron chi connectivity index (χ0n) is 10.5. The predicted molar refractivity (Wildman–Crippen MR) is 75.8 cm³/mol. The van der Waals surface area contributed by atoms with Gasteiger partial charge in [-0.05, 0) is 50.1 Å². The summed E-state index contributed by atoms with van der Waals surface area (Å²) in [4.78, 5) is 0.983. The third-order valence-electron chi connectivity index (χ3n) is 2.62. The smallest absolute Gasteiger partial charge is 0.271 e. The molecule has 2 aromatic rings. The van der Waals surface area contributed by atoms with E-state index in [1.54, 1.807) is 6.07 Å². The number of aryl methyl sites for hydroxylation is 3. The van der Waals surface area contributed by atoms with E-state index in [1.165, 1.54) is 11.3 Å². The van der Waals surface area contributed by atoms with Gasteiger partial charge >= 0.3 is 0 Å². The monoisotopic (exact) mass is 281 g/mol. The standard InChI is InChI=1S/C13H15NO2S2/c1-9-4-5-10(2)12(8-9)14-18(15,16)13-7-6-11(3)17-13/h4-8,14H,1-3H3. The molecular formula is C13H15NO2S2. The highest BCUT2D eigenvalue weighted by atomic mass is 32.2. The van der Waals surface area contributed by atoms with Crippen molar-refractivity contribution in [2.45, 2.75) is 25.0 Å².